The number of para-hydroxylation sites is 1. The van der Waals surface area contributed by atoms with E-state index in [2.05, 4.69) is 31.6 Å². The van der Waals surface area contributed by atoms with E-state index in [0.717, 1.165) is 37.4 Å². The molecular weight excluding hydrogens is 340 g/mol. The molecule has 1 aliphatic rings. The fraction of sp³-hybridized carbons (Fsp3) is 0.429. The number of fused-ring (bicyclic) bond motifs is 1. The van der Waals surface area contributed by atoms with Crippen LogP contribution in [-0.2, 0) is 24.2 Å². The van der Waals surface area contributed by atoms with Crippen LogP contribution >= 0.6 is 0 Å². The first-order valence-electron chi connectivity index (χ1n) is 9.46. The molecule has 3 heterocycles. The smallest absolute Gasteiger partial charge is 0.122 e. The van der Waals surface area contributed by atoms with Crippen LogP contribution in [0.25, 0.3) is 10.9 Å². The van der Waals surface area contributed by atoms with Crippen LogP contribution in [0.4, 0.5) is 0 Å². The van der Waals surface area contributed by atoms with Crippen molar-refractivity contribution in [1.29, 1.82) is 0 Å². The van der Waals surface area contributed by atoms with Gasteiger partial charge in [0.2, 0.25) is 0 Å². The molecular formula is C21H26N4O2. The Bertz CT molecular complexity index is 889. The molecule has 2 unspecified atom stereocenters. The summed E-state index contributed by atoms with van der Waals surface area (Å²) in [6, 6.07) is 10.3. The van der Waals surface area contributed by atoms with Gasteiger partial charge in [0.25, 0.3) is 0 Å². The Morgan fingerprint density at radius 3 is 2.93 bits per heavy atom. The first kappa shape index (κ1) is 18.1. The predicted molar refractivity (Wildman–Crippen MR) is 104 cm³/mol. The van der Waals surface area contributed by atoms with E-state index in [1.807, 2.05) is 36.8 Å². The van der Waals surface area contributed by atoms with Gasteiger partial charge in [0.05, 0.1) is 24.8 Å². The third kappa shape index (κ3) is 4.03. The summed E-state index contributed by atoms with van der Waals surface area (Å²) < 4.78 is 7.29. The SMILES string of the molecule is COCCn1ccnc1CN1CC(O)C(Cc2ccnc3ccccc23)C1. The van der Waals surface area contributed by atoms with Crippen molar-refractivity contribution in [2.24, 2.45) is 5.92 Å². The third-order valence-electron chi connectivity index (χ3n) is 5.41. The van der Waals surface area contributed by atoms with Crippen molar-refractivity contribution < 1.29 is 9.84 Å². The molecule has 27 heavy (non-hydrogen) atoms. The maximum absolute atomic E-state index is 10.6. The zero-order chi connectivity index (χ0) is 18.6. The average molecular weight is 366 g/mol. The number of pyridine rings is 1. The molecule has 1 aromatic carbocycles. The van der Waals surface area contributed by atoms with Crippen LogP contribution < -0.4 is 0 Å². The predicted octanol–water partition coefficient (Wildman–Crippen LogP) is 2.11. The quantitative estimate of drug-likeness (QED) is 0.694. The van der Waals surface area contributed by atoms with E-state index in [9.17, 15) is 5.11 Å². The zero-order valence-electron chi connectivity index (χ0n) is 15.7. The van der Waals surface area contributed by atoms with Crippen LogP contribution in [0.5, 0.6) is 0 Å². The second-order valence-electron chi connectivity index (χ2n) is 7.24. The number of β-amino-alcohol motifs (C(OH)–C–C–N with tert-alkyl or cyclic N) is 1. The normalized spacial score (nSPS) is 20.5. The molecule has 2 aromatic heterocycles. The molecule has 6 nitrogen and oxygen atoms in total. The van der Waals surface area contributed by atoms with Gasteiger partial charge in [-0.25, -0.2) is 4.98 Å². The maximum Gasteiger partial charge on any atom is 0.122 e. The van der Waals surface area contributed by atoms with Crippen molar-refractivity contribution in [2.45, 2.75) is 25.6 Å². The minimum Gasteiger partial charge on any atom is -0.391 e. The zero-order valence-corrected chi connectivity index (χ0v) is 15.7. The fourth-order valence-electron chi connectivity index (χ4n) is 3.97. The summed E-state index contributed by atoms with van der Waals surface area (Å²) in [6.07, 6.45) is 6.22. The highest BCUT2D eigenvalue weighted by Crippen LogP contribution is 2.26. The van der Waals surface area contributed by atoms with Crippen LogP contribution in [0.3, 0.4) is 0 Å². The third-order valence-corrected chi connectivity index (χ3v) is 5.41. The highest BCUT2D eigenvalue weighted by Gasteiger charge is 2.32. The molecule has 0 radical (unpaired) electrons. The summed E-state index contributed by atoms with van der Waals surface area (Å²) in [4.78, 5) is 11.2. The van der Waals surface area contributed by atoms with E-state index >= 15 is 0 Å². The van der Waals surface area contributed by atoms with Crippen molar-refractivity contribution in [3.8, 4) is 0 Å². The molecule has 142 valence electrons. The highest BCUT2D eigenvalue weighted by atomic mass is 16.5. The molecule has 6 heteroatoms. The highest BCUT2D eigenvalue weighted by molar-refractivity contribution is 5.81. The number of imidazole rings is 1. The molecule has 3 aromatic rings. The molecule has 1 fully saturated rings. The van der Waals surface area contributed by atoms with E-state index in [-0.39, 0.29) is 12.0 Å². The van der Waals surface area contributed by atoms with Crippen LogP contribution in [-0.4, -0.2) is 57.5 Å². The van der Waals surface area contributed by atoms with Crippen LogP contribution in [0.1, 0.15) is 11.4 Å². The van der Waals surface area contributed by atoms with E-state index < -0.39 is 0 Å². The van der Waals surface area contributed by atoms with Gasteiger partial charge in [0.1, 0.15) is 5.82 Å². The van der Waals surface area contributed by atoms with Crippen molar-refractivity contribution in [1.82, 2.24) is 19.4 Å². The molecule has 1 aliphatic heterocycles. The average Bonchev–Trinajstić information content (AvgIpc) is 3.27. The first-order chi connectivity index (χ1) is 13.2. The van der Waals surface area contributed by atoms with E-state index in [1.165, 1.54) is 10.9 Å². The van der Waals surface area contributed by atoms with Gasteiger partial charge in [0, 0.05) is 56.6 Å². The van der Waals surface area contributed by atoms with Gasteiger partial charge in [-0.2, -0.15) is 0 Å². The minimum atomic E-state index is -0.320. The number of benzene rings is 1. The van der Waals surface area contributed by atoms with Crippen LogP contribution in [0, 0.1) is 5.92 Å². The largest absolute Gasteiger partial charge is 0.391 e. The molecule has 0 spiro atoms. The van der Waals surface area contributed by atoms with Gasteiger partial charge < -0.3 is 14.4 Å². The number of ether oxygens (including phenoxy) is 1. The summed E-state index contributed by atoms with van der Waals surface area (Å²) in [5, 5.41) is 11.8. The van der Waals surface area contributed by atoms with Gasteiger partial charge in [-0.15, -0.1) is 0 Å². The van der Waals surface area contributed by atoms with E-state index in [1.54, 1.807) is 7.11 Å². The molecule has 1 N–H and O–H groups in total. The number of aliphatic hydroxyl groups excluding tert-OH is 1. The first-order valence-corrected chi connectivity index (χ1v) is 9.46. The number of hydrogen-bond acceptors (Lipinski definition) is 5. The van der Waals surface area contributed by atoms with Gasteiger partial charge in [0.15, 0.2) is 0 Å². The van der Waals surface area contributed by atoms with Crippen LogP contribution in [0.15, 0.2) is 48.9 Å². The summed E-state index contributed by atoms with van der Waals surface area (Å²) in [6.45, 7) is 3.78. The van der Waals surface area contributed by atoms with E-state index in [0.29, 0.717) is 13.2 Å². The monoisotopic (exact) mass is 366 g/mol. The Kier molecular flexibility index (Phi) is 5.48. The fourth-order valence-corrected chi connectivity index (χ4v) is 3.97. The lowest BCUT2D eigenvalue weighted by Gasteiger charge is -2.17. The number of methoxy groups -OCH3 is 1. The molecule has 2 atom stereocenters. The Hall–Kier alpha value is -2.28. The lowest BCUT2D eigenvalue weighted by molar-refractivity contribution is 0.140. The molecule has 0 amide bonds. The second-order valence-corrected chi connectivity index (χ2v) is 7.24. The molecule has 0 saturated carbocycles. The topological polar surface area (TPSA) is 63.4 Å². The number of aliphatic hydroxyl groups is 1. The van der Waals surface area contributed by atoms with Gasteiger partial charge in [-0.1, -0.05) is 18.2 Å². The maximum atomic E-state index is 10.6. The van der Waals surface area contributed by atoms with E-state index in [4.69, 9.17) is 4.74 Å². The number of aromatic nitrogens is 3. The lowest BCUT2D eigenvalue weighted by Crippen LogP contribution is -2.24. The Labute approximate surface area is 159 Å². The van der Waals surface area contributed by atoms with Crippen molar-refractivity contribution in [2.75, 3.05) is 26.8 Å². The molecule has 1 saturated heterocycles. The summed E-state index contributed by atoms with van der Waals surface area (Å²) >= 11 is 0. The second kappa shape index (κ2) is 8.17. The lowest BCUT2D eigenvalue weighted by atomic mass is 9.94. The molecule has 4 rings (SSSR count). The Balaban J connectivity index is 1.43. The number of hydrogen-bond donors (Lipinski definition) is 1. The Morgan fingerprint density at radius 2 is 2.04 bits per heavy atom. The minimum absolute atomic E-state index is 0.221. The summed E-state index contributed by atoms with van der Waals surface area (Å²) in [7, 11) is 1.71. The van der Waals surface area contributed by atoms with Crippen molar-refractivity contribution in [3.63, 3.8) is 0 Å². The number of likely N-dealkylation sites (tertiary alicyclic amines) is 1. The summed E-state index contributed by atoms with van der Waals surface area (Å²) in [5.41, 5.74) is 2.27. The van der Waals surface area contributed by atoms with Gasteiger partial charge in [-0.05, 0) is 24.1 Å². The number of nitrogens with zero attached hydrogens (tertiary/aromatic N) is 4. The standard InChI is InChI=1S/C21H26N4O2/c1-27-11-10-25-9-8-23-21(25)15-24-13-17(20(26)14-24)12-16-6-7-22-19-5-3-2-4-18(16)19/h2-9,17,20,26H,10-15H2,1H3. The van der Waals surface area contributed by atoms with Crippen molar-refractivity contribution in [3.05, 3.63) is 60.3 Å². The van der Waals surface area contributed by atoms with Gasteiger partial charge >= 0.3 is 0 Å². The van der Waals surface area contributed by atoms with Gasteiger partial charge in [-0.3, -0.25) is 9.88 Å². The molecule has 0 aliphatic carbocycles. The van der Waals surface area contributed by atoms with Crippen LogP contribution in [0.2, 0.25) is 0 Å². The number of rotatable bonds is 7. The van der Waals surface area contributed by atoms with Crippen molar-refractivity contribution >= 4 is 10.9 Å². The summed E-state index contributed by atoms with van der Waals surface area (Å²) in [5.74, 6) is 1.24. The molecule has 0 bridgehead atoms. The Morgan fingerprint density at radius 1 is 1.15 bits per heavy atom.